The van der Waals surface area contributed by atoms with Crippen molar-refractivity contribution in [2.45, 2.75) is 37.9 Å². The van der Waals surface area contributed by atoms with Gasteiger partial charge in [0.15, 0.2) is 0 Å². The Kier molecular flexibility index (Phi) is 3.82. The van der Waals surface area contributed by atoms with Gasteiger partial charge in [-0.1, -0.05) is 31.5 Å². The average Bonchev–Trinajstić information content (AvgIpc) is 2.42. The SMILES string of the molecule is CC(C)c1ccc(N2CC3(CC(S(C)(=O)=O)C3)C2)c2cnc(Cl)cc12. The first kappa shape index (κ1) is 17.1. The van der Waals surface area contributed by atoms with E-state index in [0.717, 1.165) is 36.7 Å². The smallest absolute Gasteiger partial charge is 0.150 e. The number of sulfone groups is 1. The van der Waals surface area contributed by atoms with Crippen LogP contribution in [-0.4, -0.2) is 38.0 Å². The van der Waals surface area contributed by atoms with E-state index in [9.17, 15) is 8.42 Å². The number of fused-ring (bicyclic) bond motifs is 1. The molecular formula is C19H23ClN2O2S. The van der Waals surface area contributed by atoms with Crippen molar-refractivity contribution in [3.05, 3.63) is 35.1 Å². The Morgan fingerprint density at radius 3 is 2.52 bits per heavy atom. The summed E-state index contributed by atoms with van der Waals surface area (Å²) in [6.07, 6.45) is 4.82. The first-order valence-electron chi connectivity index (χ1n) is 8.70. The van der Waals surface area contributed by atoms with Crippen LogP contribution in [-0.2, 0) is 9.84 Å². The van der Waals surface area contributed by atoms with Crippen LogP contribution in [0.2, 0.25) is 5.15 Å². The van der Waals surface area contributed by atoms with E-state index in [1.54, 1.807) is 0 Å². The van der Waals surface area contributed by atoms with Gasteiger partial charge in [0.1, 0.15) is 15.0 Å². The zero-order valence-electron chi connectivity index (χ0n) is 14.8. The maximum absolute atomic E-state index is 11.7. The molecule has 0 bridgehead atoms. The Labute approximate surface area is 154 Å². The summed E-state index contributed by atoms with van der Waals surface area (Å²) in [6, 6.07) is 6.31. The maximum atomic E-state index is 11.7. The molecule has 0 unspecified atom stereocenters. The highest BCUT2D eigenvalue weighted by atomic mass is 35.5. The van der Waals surface area contributed by atoms with E-state index in [0.29, 0.717) is 11.1 Å². The first-order valence-corrected chi connectivity index (χ1v) is 11.0. The van der Waals surface area contributed by atoms with Crippen molar-refractivity contribution in [1.82, 2.24) is 4.98 Å². The van der Waals surface area contributed by atoms with Crippen LogP contribution >= 0.6 is 11.6 Å². The molecule has 1 saturated carbocycles. The minimum absolute atomic E-state index is 0.143. The van der Waals surface area contributed by atoms with Crippen molar-refractivity contribution >= 4 is 37.9 Å². The lowest BCUT2D eigenvalue weighted by Crippen LogP contribution is -2.65. The summed E-state index contributed by atoms with van der Waals surface area (Å²) >= 11 is 6.13. The van der Waals surface area contributed by atoms with Crippen molar-refractivity contribution in [1.29, 1.82) is 0 Å². The van der Waals surface area contributed by atoms with Crippen LogP contribution in [0.15, 0.2) is 24.4 Å². The van der Waals surface area contributed by atoms with Crippen LogP contribution in [0.5, 0.6) is 0 Å². The first-order chi connectivity index (χ1) is 11.7. The number of pyridine rings is 1. The monoisotopic (exact) mass is 378 g/mol. The van der Waals surface area contributed by atoms with E-state index in [1.165, 1.54) is 17.5 Å². The van der Waals surface area contributed by atoms with E-state index in [2.05, 4.69) is 35.9 Å². The predicted molar refractivity (Wildman–Crippen MR) is 103 cm³/mol. The highest BCUT2D eigenvalue weighted by Gasteiger charge is 2.55. The fourth-order valence-corrected chi connectivity index (χ4v) is 5.87. The van der Waals surface area contributed by atoms with E-state index < -0.39 is 9.84 Å². The van der Waals surface area contributed by atoms with E-state index in [-0.39, 0.29) is 10.7 Å². The van der Waals surface area contributed by atoms with Gasteiger partial charge in [-0.05, 0) is 41.8 Å². The predicted octanol–water partition coefficient (Wildman–Crippen LogP) is 4.03. The van der Waals surface area contributed by atoms with Crippen LogP contribution in [0.25, 0.3) is 10.8 Å². The second-order valence-corrected chi connectivity index (χ2v) is 10.8. The summed E-state index contributed by atoms with van der Waals surface area (Å²) in [4.78, 5) is 6.63. The molecule has 2 fully saturated rings. The van der Waals surface area contributed by atoms with Gasteiger partial charge in [0, 0.05) is 42.0 Å². The molecule has 4 nitrogen and oxygen atoms in total. The molecule has 1 saturated heterocycles. The Balaban J connectivity index is 1.61. The highest BCUT2D eigenvalue weighted by Crippen LogP contribution is 2.52. The number of halogens is 1. The molecular weight excluding hydrogens is 356 g/mol. The largest absolute Gasteiger partial charge is 0.370 e. The minimum atomic E-state index is -2.89. The zero-order chi connectivity index (χ0) is 18.0. The maximum Gasteiger partial charge on any atom is 0.150 e. The topological polar surface area (TPSA) is 50.3 Å². The fraction of sp³-hybridized carbons (Fsp3) is 0.526. The molecule has 0 amide bonds. The van der Waals surface area contributed by atoms with E-state index >= 15 is 0 Å². The highest BCUT2D eigenvalue weighted by molar-refractivity contribution is 7.91. The third-order valence-corrected chi connectivity index (χ3v) is 7.57. The molecule has 2 heterocycles. The lowest BCUT2D eigenvalue weighted by atomic mass is 9.63. The van der Waals surface area contributed by atoms with Crippen molar-refractivity contribution in [3.8, 4) is 0 Å². The molecule has 4 rings (SSSR count). The van der Waals surface area contributed by atoms with Crippen molar-refractivity contribution in [3.63, 3.8) is 0 Å². The summed E-state index contributed by atoms with van der Waals surface area (Å²) in [5, 5.41) is 2.66. The normalized spacial score (nSPS) is 20.1. The molecule has 1 aliphatic carbocycles. The summed E-state index contributed by atoms with van der Waals surface area (Å²) < 4.78 is 23.3. The van der Waals surface area contributed by atoms with Crippen LogP contribution in [0.1, 0.15) is 38.2 Å². The standard InChI is InChI=1S/C19H23ClN2O2S/c1-12(2)14-4-5-17(16-9-21-18(20)6-15(14)16)22-10-19(11-22)7-13(8-19)25(3,23)24/h4-6,9,12-13H,7-8,10-11H2,1-3H3. The van der Waals surface area contributed by atoms with Gasteiger partial charge in [0.25, 0.3) is 0 Å². The number of anilines is 1. The van der Waals surface area contributed by atoms with Gasteiger partial charge in [-0.2, -0.15) is 0 Å². The Morgan fingerprint density at radius 1 is 1.24 bits per heavy atom. The van der Waals surface area contributed by atoms with Crippen molar-refractivity contribution in [2.24, 2.45) is 5.41 Å². The third kappa shape index (κ3) is 2.81. The van der Waals surface area contributed by atoms with Crippen molar-refractivity contribution < 1.29 is 8.42 Å². The molecule has 134 valence electrons. The molecule has 0 radical (unpaired) electrons. The van der Waals surface area contributed by atoms with Gasteiger partial charge in [-0.3, -0.25) is 0 Å². The van der Waals surface area contributed by atoms with Gasteiger partial charge in [-0.25, -0.2) is 13.4 Å². The molecule has 0 N–H and O–H groups in total. The van der Waals surface area contributed by atoms with Gasteiger partial charge in [0.2, 0.25) is 0 Å². The van der Waals surface area contributed by atoms with Crippen LogP contribution < -0.4 is 4.90 Å². The van der Waals surface area contributed by atoms with Gasteiger partial charge in [-0.15, -0.1) is 0 Å². The van der Waals surface area contributed by atoms with E-state index in [1.807, 2.05) is 12.3 Å². The quantitative estimate of drug-likeness (QED) is 0.757. The Hall–Kier alpha value is -1.33. The van der Waals surface area contributed by atoms with Gasteiger partial charge >= 0.3 is 0 Å². The molecule has 0 atom stereocenters. The second-order valence-electron chi connectivity index (χ2n) is 8.10. The minimum Gasteiger partial charge on any atom is -0.370 e. The number of hydrogen-bond donors (Lipinski definition) is 0. The summed E-state index contributed by atoms with van der Waals surface area (Å²) in [5.41, 5.74) is 2.65. The molecule has 1 aliphatic heterocycles. The molecule has 6 heteroatoms. The fourth-order valence-electron chi connectivity index (χ4n) is 4.40. The summed E-state index contributed by atoms with van der Waals surface area (Å²) in [7, 11) is -2.89. The second kappa shape index (κ2) is 5.58. The molecule has 2 aromatic rings. The van der Waals surface area contributed by atoms with Crippen LogP contribution in [0, 0.1) is 5.41 Å². The Bertz CT molecular complexity index is 941. The van der Waals surface area contributed by atoms with Crippen LogP contribution in [0.3, 0.4) is 0 Å². The molecule has 25 heavy (non-hydrogen) atoms. The number of hydrogen-bond acceptors (Lipinski definition) is 4. The molecule has 1 aromatic heterocycles. The van der Waals surface area contributed by atoms with E-state index in [4.69, 9.17) is 11.6 Å². The average molecular weight is 379 g/mol. The summed E-state index contributed by atoms with van der Waals surface area (Å²) in [5.74, 6) is 0.417. The van der Waals surface area contributed by atoms with Gasteiger partial charge in [0.05, 0.1) is 5.25 Å². The number of rotatable bonds is 3. The lowest BCUT2D eigenvalue weighted by Gasteiger charge is -2.59. The molecule has 1 spiro atoms. The van der Waals surface area contributed by atoms with Gasteiger partial charge < -0.3 is 4.90 Å². The lowest BCUT2D eigenvalue weighted by molar-refractivity contribution is 0.0948. The molecule has 1 aromatic carbocycles. The van der Waals surface area contributed by atoms with Crippen LogP contribution in [0.4, 0.5) is 5.69 Å². The molecule has 2 aliphatic rings. The number of nitrogens with zero attached hydrogens (tertiary/aromatic N) is 2. The van der Waals surface area contributed by atoms with Crippen molar-refractivity contribution in [2.75, 3.05) is 24.2 Å². The summed E-state index contributed by atoms with van der Waals surface area (Å²) in [6.45, 7) is 6.22. The third-order valence-electron chi connectivity index (χ3n) is 5.82. The number of aromatic nitrogens is 1. The Morgan fingerprint density at radius 2 is 1.92 bits per heavy atom. The number of benzene rings is 1. The zero-order valence-corrected chi connectivity index (χ0v) is 16.4.